The maximum Gasteiger partial charge on any atom is 0.328 e. The van der Waals surface area contributed by atoms with Crippen LogP contribution in [-0.4, -0.2) is 33.9 Å². The predicted octanol–water partition coefficient (Wildman–Crippen LogP) is 3.40. The number of nitrogens with one attached hydrogen (secondary N) is 1. The molecule has 0 radical (unpaired) electrons. The number of rotatable bonds is 8. The fourth-order valence-electron chi connectivity index (χ4n) is 2.54. The number of phenolic OH excluding ortho intramolecular Hbond substituents is 1. The van der Waals surface area contributed by atoms with Crippen LogP contribution in [0, 0.1) is 0 Å². The quantitative estimate of drug-likeness (QED) is 0.531. The minimum atomic E-state index is -1.02. The first-order chi connectivity index (χ1) is 12.4. The first-order valence-corrected chi connectivity index (χ1v) is 8.64. The van der Waals surface area contributed by atoms with Crippen LogP contribution in [0.2, 0.25) is 5.02 Å². The van der Waals surface area contributed by atoms with E-state index in [-0.39, 0.29) is 11.8 Å². The van der Waals surface area contributed by atoms with Crippen LogP contribution in [0.4, 0.5) is 0 Å². The fourth-order valence-corrected chi connectivity index (χ4v) is 2.80. The fraction of sp³-hybridized carbons (Fsp3) is 0.250. The second kappa shape index (κ2) is 9.38. The van der Waals surface area contributed by atoms with Crippen molar-refractivity contribution in [1.29, 1.82) is 0 Å². The minimum absolute atomic E-state index is 0.159. The van der Waals surface area contributed by atoms with Crippen molar-refractivity contribution in [1.82, 2.24) is 5.32 Å². The molecule has 0 saturated carbocycles. The highest BCUT2D eigenvalue weighted by atomic mass is 35.5. The third-order valence-corrected chi connectivity index (χ3v) is 4.39. The molecular formula is C20H22ClNO4. The summed E-state index contributed by atoms with van der Waals surface area (Å²) in [5.74, 6) is -0.851. The Morgan fingerprint density at radius 2 is 1.92 bits per heavy atom. The van der Waals surface area contributed by atoms with Gasteiger partial charge in [-0.2, -0.15) is 0 Å². The summed E-state index contributed by atoms with van der Waals surface area (Å²) in [6, 6.07) is 11.8. The number of benzene rings is 2. The third-order valence-electron chi connectivity index (χ3n) is 4.06. The summed E-state index contributed by atoms with van der Waals surface area (Å²) in [7, 11) is 0. The molecule has 0 aromatic heterocycles. The Morgan fingerprint density at radius 3 is 2.54 bits per heavy atom. The van der Waals surface area contributed by atoms with Crippen molar-refractivity contribution in [2.45, 2.75) is 25.5 Å². The van der Waals surface area contributed by atoms with Crippen molar-refractivity contribution in [3.63, 3.8) is 0 Å². The summed E-state index contributed by atoms with van der Waals surface area (Å²) in [6.07, 6.45) is 2.55. The van der Waals surface area contributed by atoms with Gasteiger partial charge in [0.25, 0.3) is 0 Å². The Kier molecular flexibility index (Phi) is 7.21. The molecule has 2 aromatic carbocycles. The number of aliphatic hydroxyl groups excluding tert-OH is 1. The van der Waals surface area contributed by atoms with Crippen molar-refractivity contribution in [3.8, 4) is 5.75 Å². The van der Waals surface area contributed by atoms with E-state index in [0.717, 1.165) is 23.6 Å². The van der Waals surface area contributed by atoms with Crippen LogP contribution in [0.1, 0.15) is 29.7 Å². The number of carboxylic acid groups (broad SMARTS) is 1. The van der Waals surface area contributed by atoms with Crippen LogP contribution < -0.4 is 5.32 Å². The zero-order valence-corrected chi connectivity index (χ0v) is 15.1. The lowest BCUT2D eigenvalue weighted by atomic mass is 10.0. The topological polar surface area (TPSA) is 89.8 Å². The van der Waals surface area contributed by atoms with E-state index in [0.29, 0.717) is 17.1 Å². The van der Waals surface area contributed by atoms with Crippen molar-refractivity contribution in [3.05, 3.63) is 70.3 Å². The molecule has 2 rings (SSSR count). The van der Waals surface area contributed by atoms with Gasteiger partial charge in [0.05, 0.1) is 6.10 Å². The summed E-state index contributed by atoms with van der Waals surface area (Å²) in [5, 5.41) is 32.1. The van der Waals surface area contributed by atoms with Gasteiger partial charge in [-0.25, -0.2) is 4.79 Å². The number of aliphatic carboxylic acids is 1. The maximum atomic E-state index is 10.6. The maximum absolute atomic E-state index is 10.6. The molecule has 0 saturated heterocycles. The van der Waals surface area contributed by atoms with Crippen LogP contribution in [0.5, 0.6) is 5.75 Å². The van der Waals surface area contributed by atoms with Crippen molar-refractivity contribution in [2.75, 3.05) is 6.54 Å². The van der Waals surface area contributed by atoms with Crippen LogP contribution in [0.25, 0.3) is 6.08 Å². The van der Waals surface area contributed by atoms with Crippen molar-refractivity contribution in [2.24, 2.45) is 0 Å². The molecule has 0 fully saturated rings. The third kappa shape index (κ3) is 5.88. The van der Waals surface area contributed by atoms with E-state index >= 15 is 0 Å². The monoisotopic (exact) mass is 375 g/mol. The Labute approximate surface area is 157 Å². The van der Waals surface area contributed by atoms with E-state index < -0.39 is 12.1 Å². The van der Waals surface area contributed by atoms with Gasteiger partial charge in [-0.05, 0) is 60.9 Å². The number of halogens is 1. The normalized spacial score (nSPS) is 13.7. The van der Waals surface area contributed by atoms with Gasteiger partial charge < -0.3 is 20.6 Å². The number of hydrogen-bond acceptors (Lipinski definition) is 4. The molecule has 6 heteroatoms. The molecule has 138 valence electrons. The first-order valence-electron chi connectivity index (χ1n) is 8.26. The molecule has 2 aromatic rings. The molecule has 0 amide bonds. The second-order valence-corrected chi connectivity index (χ2v) is 6.46. The highest BCUT2D eigenvalue weighted by molar-refractivity contribution is 6.32. The van der Waals surface area contributed by atoms with E-state index in [1.165, 1.54) is 6.08 Å². The summed E-state index contributed by atoms with van der Waals surface area (Å²) >= 11 is 6.17. The second-order valence-electron chi connectivity index (χ2n) is 6.06. The first kappa shape index (κ1) is 20.0. The lowest BCUT2D eigenvalue weighted by Crippen LogP contribution is -2.33. The molecule has 0 spiro atoms. The van der Waals surface area contributed by atoms with Crippen LogP contribution >= 0.6 is 11.6 Å². The summed E-state index contributed by atoms with van der Waals surface area (Å²) in [5.41, 5.74) is 2.41. The van der Waals surface area contributed by atoms with Crippen LogP contribution in [-0.2, 0) is 11.2 Å². The van der Waals surface area contributed by atoms with Gasteiger partial charge in [0, 0.05) is 17.1 Å². The molecule has 0 unspecified atom stereocenters. The average molecular weight is 376 g/mol. The Morgan fingerprint density at radius 1 is 1.23 bits per heavy atom. The van der Waals surface area contributed by atoms with Gasteiger partial charge in [0.15, 0.2) is 0 Å². The number of aliphatic hydroxyl groups is 1. The van der Waals surface area contributed by atoms with E-state index in [9.17, 15) is 15.0 Å². The lowest BCUT2D eigenvalue weighted by Gasteiger charge is -2.21. The van der Waals surface area contributed by atoms with Crippen molar-refractivity contribution < 1.29 is 20.1 Å². The van der Waals surface area contributed by atoms with Gasteiger partial charge in [-0.15, -0.1) is 0 Å². The molecule has 4 N–H and O–H groups in total. The SMILES string of the molecule is C[C@H](NCCc1ccc(/C=C/C(=O)O)c(Cl)c1)[C@H](O)c1ccc(O)cc1. The Balaban J connectivity index is 1.87. The summed E-state index contributed by atoms with van der Waals surface area (Å²) in [6.45, 7) is 2.54. The van der Waals surface area contributed by atoms with E-state index in [2.05, 4.69) is 5.32 Å². The van der Waals surface area contributed by atoms with Crippen LogP contribution in [0.3, 0.4) is 0 Å². The summed E-state index contributed by atoms with van der Waals surface area (Å²) < 4.78 is 0. The Hall–Kier alpha value is -2.34. The number of phenols is 1. The standard InChI is InChI=1S/C20H22ClNO4/c1-13(20(26)16-4-7-17(23)8-5-16)22-11-10-14-2-3-15(18(21)12-14)6-9-19(24)25/h2-9,12-13,20,22-23,26H,10-11H2,1H3,(H,24,25)/b9-6+/t13-,20-/m0/s1. The van der Waals surface area contributed by atoms with E-state index in [4.69, 9.17) is 16.7 Å². The molecule has 0 aliphatic rings. The minimum Gasteiger partial charge on any atom is -0.508 e. The van der Waals surface area contributed by atoms with Gasteiger partial charge in [0.1, 0.15) is 5.75 Å². The molecule has 2 atom stereocenters. The van der Waals surface area contributed by atoms with Gasteiger partial charge >= 0.3 is 5.97 Å². The van der Waals surface area contributed by atoms with Crippen LogP contribution in [0.15, 0.2) is 48.5 Å². The van der Waals surface area contributed by atoms with Crippen molar-refractivity contribution >= 4 is 23.6 Å². The number of hydrogen-bond donors (Lipinski definition) is 4. The molecular weight excluding hydrogens is 354 g/mol. The zero-order chi connectivity index (χ0) is 19.1. The number of carbonyl (C=O) groups is 1. The Bertz CT molecular complexity index is 774. The van der Waals surface area contributed by atoms with Gasteiger partial charge in [-0.3, -0.25) is 0 Å². The molecule has 0 heterocycles. The number of carboxylic acids is 1. The predicted molar refractivity (Wildman–Crippen MR) is 102 cm³/mol. The average Bonchev–Trinajstić information content (AvgIpc) is 2.60. The summed E-state index contributed by atoms with van der Waals surface area (Å²) in [4.78, 5) is 10.6. The molecule has 0 bridgehead atoms. The smallest absolute Gasteiger partial charge is 0.328 e. The highest BCUT2D eigenvalue weighted by Crippen LogP contribution is 2.21. The molecule has 5 nitrogen and oxygen atoms in total. The highest BCUT2D eigenvalue weighted by Gasteiger charge is 2.15. The lowest BCUT2D eigenvalue weighted by molar-refractivity contribution is -0.131. The van der Waals surface area contributed by atoms with E-state index in [1.54, 1.807) is 30.3 Å². The number of aromatic hydroxyl groups is 1. The van der Waals surface area contributed by atoms with E-state index in [1.807, 2.05) is 19.1 Å². The molecule has 0 aliphatic heterocycles. The molecule has 0 aliphatic carbocycles. The molecule has 26 heavy (non-hydrogen) atoms. The van der Waals surface area contributed by atoms with Gasteiger partial charge in [-0.1, -0.05) is 35.9 Å². The zero-order valence-electron chi connectivity index (χ0n) is 14.4. The van der Waals surface area contributed by atoms with Gasteiger partial charge in [0.2, 0.25) is 0 Å². The largest absolute Gasteiger partial charge is 0.508 e.